The summed E-state index contributed by atoms with van der Waals surface area (Å²) in [7, 11) is 0. The van der Waals surface area contributed by atoms with E-state index in [4.69, 9.17) is 23.1 Å². The van der Waals surface area contributed by atoms with E-state index in [0.29, 0.717) is 10.7 Å². The number of halogens is 1. The van der Waals surface area contributed by atoms with Gasteiger partial charge in [0.1, 0.15) is 0 Å². The van der Waals surface area contributed by atoms with Gasteiger partial charge < -0.3 is 11.5 Å². The van der Waals surface area contributed by atoms with E-state index in [9.17, 15) is 4.79 Å². The summed E-state index contributed by atoms with van der Waals surface area (Å²) < 4.78 is 0. The van der Waals surface area contributed by atoms with E-state index in [-0.39, 0.29) is 11.7 Å². The minimum Gasteiger partial charge on any atom is -0.398 e. The Balaban J connectivity index is 2.68. The summed E-state index contributed by atoms with van der Waals surface area (Å²) in [5.41, 5.74) is 11.0. The van der Waals surface area contributed by atoms with Gasteiger partial charge in [-0.15, -0.1) is 11.8 Å². The molecule has 0 aliphatic rings. The molecule has 0 saturated carbocycles. The Bertz CT molecular complexity index is 330. The van der Waals surface area contributed by atoms with E-state index in [1.54, 1.807) is 18.2 Å². The Morgan fingerprint density at radius 3 is 2.77 bits per heavy atom. The number of hydrogen-bond acceptors (Lipinski definition) is 3. The van der Waals surface area contributed by atoms with Gasteiger partial charge in [0.05, 0.1) is 16.5 Å². The van der Waals surface area contributed by atoms with E-state index < -0.39 is 0 Å². The van der Waals surface area contributed by atoms with Crippen molar-refractivity contribution in [2.45, 2.75) is 4.90 Å². The molecule has 0 spiro atoms. The first-order chi connectivity index (χ1) is 6.09. The minimum atomic E-state index is -0.349. The van der Waals surface area contributed by atoms with Crippen molar-refractivity contribution in [1.29, 1.82) is 0 Å². The van der Waals surface area contributed by atoms with Crippen LogP contribution in [0.25, 0.3) is 0 Å². The number of nitrogens with two attached hydrogens (primary N) is 2. The minimum absolute atomic E-state index is 0.250. The molecule has 1 amide bonds. The fourth-order valence-corrected chi connectivity index (χ4v) is 1.67. The van der Waals surface area contributed by atoms with E-state index >= 15 is 0 Å². The van der Waals surface area contributed by atoms with Crippen LogP contribution in [0.1, 0.15) is 0 Å². The second-order valence-corrected chi connectivity index (χ2v) is 3.89. The summed E-state index contributed by atoms with van der Waals surface area (Å²) in [5, 5.41) is 0.495. The Kier molecular flexibility index (Phi) is 3.45. The normalized spacial score (nSPS) is 9.92. The molecule has 0 unspecified atom stereocenters. The number of anilines is 1. The first-order valence-corrected chi connectivity index (χ1v) is 4.92. The highest BCUT2D eigenvalue weighted by Crippen LogP contribution is 2.25. The number of nitrogen functional groups attached to an aromatic ring is 1. The molecule has 1 aromatic carbocycles. The molecule has 0 saturated heterocycles. The third-order valence-electron chi connectivity index (χ3n) is 1.35. The van der Waals surface area contributed by atoms with Crippen LogP contribution in [0.5, 0.6) is 0 Å². The molecule has 5 heteroatoms. The smallest absolute Gasteiger partial charge is 0.227 e. The molecular weight excluding hydrogens is 208 g/mol. The number of amides is 1. The lowest BCUT2D eigenvalue weighted by Gasteiger charge is -2.01. The maximum Gasteiger partial charge on any atom is 0.227 e. The summed E-state index contributed by atoms with van der Waals surface area (Å²) in [6, 6.07) is 5.21. The van der Waals surface area contributed by atoms with E-state index in [2.05, 4.69) is 0 Å². The number of carbonyl (C=O) groups is 1. The fraction of sp³-hybridized carbons (Fsp3) is 0.125. The zero-order chi connectivity index (χ0) is 9.84. The maximum absolute atomic E-state index is 10.5. The van der Waals surface area contributed by atoms with Gasteiger partial charge in [-0.1, -0.05) is 11.6 Å². The molecule has 0 atom stereocenters. The Morgan fingerprint density at radius 1 is 1.54 bits per heavy atom. The van der Waals surface area contributed by atoms with Crippen LogP contribution in [-0.4, -0.2) is 11.7 Å². The molecule has 0 radical (unpaired) electrons. The number of hydrogen-bond donors (Lipinski definition) is 2. The predicted molar refractivity (Wildman–Crippen MR) is 55.8 cm³/mol. The molecule has 0 aromatic heterocycles. The highest BCUT2D eigenvalue weighted by molar-refractivity contribution is 8.00. The van der Waals surface area contributed by atoms with Crippen LogP contribution < -0.4 is 11.5 Å². The third-order valence-corrected chi connectivity index (χ3v) is 2.70. The van der Waals surface area contributed by atoms with Crippen molar-refractivity contribution in [3.8, 4) is 0 Å². The fourth-order valence-electron chi connectivity index (χ4n) is 0.752. The highest BCUT2D eigenvalue weighted by atomic mass is 35.5. The van der Waals surface area contributed by atoms with Crippen LogP contribution in [0, 0.1) is 0 Å². The van der Waals surface area contributed by atoms with Crippen LogP contribution >= 0.6 is 23.4 Å². The van der Waals surface area contributed by atoms with Crippen molar-refractivity contribution in [2.24, 2.45) is 5.73 Å². The molecule has 3 nitrogen and oxygen atoms in total. The van der Waals surface area contributed by atoms with E-state index in [0.717, 1.165) is 4.90 Å². The predicted octanol–water partition coefficient (Wildman–Crippen LogP) is 1.50. The number of benzene rings is 1. The Labute approximate surface area is 85.4 Å². The monoisotopic (exact) mass is 216 g/mol. The van der Waals surface area contributed by atoms with Gasteiger partial charge in [0, 0.05) is 4.90 Å². The highest BCUT2D eigenvalue weighted by Gasteiger charge is 2.00. The quantitative estimate of drug-likeness (QED) is 0.594. The summed E-state index contributed by atoms with van der Waals surface area (Å²) in [6.07, 6.45) is 0. The molecule has 0 fully saturated rings. The van der Waals surface area contributed by atoms with Gasteiger partial charge in [-0.3, -0.25) is 4.79 Å². The molecule has 13 heavy (non-hydrogen) atoms. The lowest BCUT2D eigenvalue weighted by Crippen LogP contribution is -2.12. The number of thioether (sulfide) groups is 1. The summed E-state index contributed by atoms with van der Waals surface area (Å²) in [5.74, 6) is -0.0989. The zero-order valence-electron chi connectivity index (χ0n) is 6.79. The summed E-state index contributed by atoms with van der Waals surface area (Å²) in [6.45, 7) is 0. The lowest BCUT2D eigenvalue weighted by atomic mass is 10.3. The van der Waals surface area contributed by atoms with Gasteiger partial charge in [0.2, 0.25) is 5.91 Å². The lowest BCUT2D eigenvalue weighted by molar-refractivity contribution is -0.115. The Hall–Kier alpha value is -0.870. The van der Waals surface area contributed by atoms with Gasteiger partial charge in [-0.25, -0.2) is 0 Å². The number of primary amides is 1. The second-order valence-electron chi connectivity index (χ2n) is 2.44. The molecule has 0 aliphatic heterocycles. The summed E-state index contributed by atoms with van der Waals surface area (Å²) >= 11 is 7.11. The van der Waals surface area contributed by atoms with Gasteiger partial charge in [-0.05, 0) is 18.2 Å². The van der Waals surface area contributed by atoms with Crippen molar-refractivity contribution in [2.75, 3.05) is 11.5 Å². The van der Waals surface area contributed by atoms with Crippen molar-refractivity contribution in [1.82, 2.24) is 0 Å². The van der Waals surface area contributed by atoms with Crippen molar-refractivity contribution in [3.05, 3.63) is 23.2 Å². The van der Waals surface area contributed by atoms with Crippen LogP contribution in [0.4, 0.5) is 5.69 Å². The first-order valence-electron chi connectivity index (χ1n) is 3.55. The van der Waals surface area contributed by atoms with Gasteiger partial charge in [0.25, 0.3) is 0 Å². The molecule has 4 N–H and O–H groups in total. The molecule has 70 valence electrons. The standard InChI is InChI=1S/C8H9ClN2OS/c9-6-3-5(1-2-7(6)10)13-4-8(11)12/h1-3H,4,10H2,(H2,11,12). The second kappa shape index (κ2) is 4.39. The average Bonchev–Trinajstić information content (AvgIpc) is 2.07. The largest absolute Gasteiger partial charge is 0.398 e. The molecule has 0 aliphatic carbocycles. The van der Waals surface area contributed by atoms with Gasteiger partial charge >= 0.3 is 0 Å². The van der Waals surface area contributed by atoms with Crippen molar-refractivity contribution >= 4 is 35.0 Å². The van der Waals surface area contributed by atoms with E-state index in [1.165, 1.54) is 11.8 Å². The topological polar surface area (TPSA) is 69.1 Å². The van der Waals surface area contributed by atoms with Crippen LogP contribution in [-0.2, 0) is 4.79 Å². The molecule has 1 rings (SSSR count). The van der Waals surface area contributed by atoms with E-state index in [1.807, 2.05) is 0 Å². The molecule has 1 aromatic rings. The molecular formula is C8H9ClN2OS. The number of rotatable bonds is 3. The van der Waals surface area contributed by atoms with Gasteiger partial charge in [0.15, 0.2) is 0 Å². The molecule has 0 bridgehead atoms. The third kappa shape index (κ3) is 3.16. The van der Waals surface area contributed by atoms with Crippen LogP contribution in [0.3, 0.4) is 0 Å². The van der Waals surface area contributed by atoms with Gasteiger partial charge in [-0.2, -0.15) is 0 Å². The van der Waals surface area contributed by atoms with Crippen LogP contribution in [0.15, 0.2) is 23.1 Å². The van der Waals surface area contributed by atoms with Crippen molar-refractivity contribution < 1.29 is 4.79 Å². The maximum atomic E-state index is 10.5. The first kappa shape index (κ1) is 10.2. The molecule has 0 heterocycles. The Morgan fingerprint density at radius 2 is 2.23 bits per heavy atom. The zero-order valence-corrected chi connectivity index (χ0v) is 8.36. The van der Waals surface area contributed by atoms with Crippen molar-refractivity contribution in [3.63, 3.8) is 0 Å². The summed E-state index contributed by atoms with van der Waals surface area (Å²) in [4.78, 5) is 11.4. The number of carbonyl (C=O) groups excluding carboxylic acids is 1. The van der Waals surface area contributed by atoms with Crippen LogP contribution in [0.2, 0.25) is 5.02 Å². The SMILES string of the molecule is NC(=O)CSc1ccc(N)c(Cl)c1. The average molecular weight is 217 g/mol.